The van der Waals surface area contributed by atoms with Gasteiger partial charge in [0.1, 0.15) is 0 Å². The van der Waals surface area contributed by atoms with Gasteiger partial charge in [0.05, 0.1) is 12.1 Å². The van der Waals surface area contributed by atoms with Crippen LogP contribution in [0.15, 0.2) is 79.0 Å². The van der Waals surface area contributed by atoms with Crippen molar-refractivity contribution in [2.24, 2.45) is 0 Å². The van der Waals surface area contributed by atoms with E-state index >= 15 is 0 Å². The number of aryl methyl sites for hydroxylation is 2. The van der Waals surface area contributed by atoms with Gasteiger partial charge in [0.2, 0.25) is 5.91 Å². The van der Waals surface area contributed by atoms with E-state index in [1.807, 2.05) is 18.3 Å². The highest BCUT2D eigenvalue weighted by atomic mass is 16.1. The molecule has 1 aromatic heterocycles. The van der Waals surface area contributed by atoms with Crippen molar-refractivity contribution in [3.8, 4) is 11.3 Å². The van der Waals surface area contributed by atoms with Crippen LogP contribution < -0.4 is 5.32 Å². The third-order valence-electron chi connectivity index (χ3n) is 5.41. The first kappa shape index (κ1) is 16.7. The zero-order valence-corrected chi connectivity index (χ0v) is 15.5. The Morgan fingerprint density at radius 2 is 1.79 bits per heavy atom. The molecular formula is C25H20N2O. The van der Waals surface area contributed by atoms with Crippen molar-refractivity contribution in [3.05, 3.63) is 95.7 Å². The molecule has 0 saturated heterocycles. The van der Waals surface area contributed by atoms with E-state index in [-0.39, 0.29) is 5.91 Å². The number of fused-ring (bicyclic) bond motifs is 2. The Kier molecular flexibility index (Phi) is 4.13. The summed E-state index contributed by atoms with van der Waals surface area (Å²) in [4.78, 5) is 16.2. The van der Waals surface area contributed by atoms with Gasteiger partial charge in [0.15, 0.2) is 0 Å². The fraction of sp³-hybridized carbons (Fsp3) is 0.120. The fourth-order valence-electron chi connectivity index (χ4n) is 3.92. The summed E-state index contributed by atoms with van der Waals surface area (Å²) in [7, 11) is 0. The topological polar surface area (TPSA) is 42.0 Å². The van der Waals surface area contributed by atoms with E-state index in [1.165, 1.54) is 21.9 Å². The number of benzene rings is 3. The molecule has 1 aliphatic rings. The lowest BCUT2D eigenvalue weighted by molar-refractivity contribution is -0.115. The number of nitrogens with zero attached hydrogens (tertiary/aromatic N) is 1. The molecule has 0 radical (unpaired) electrons. The van der Waals surface area contributed by atoms with E-state index in [0.717, 1.165) is 35.3 Å². The maximum Gasteiger partial charge on any atom is 0.228 e. The highest BCUT2D eigenvalue weighted by Crippen LogP contribution is 2.28. The molecule has 0 unspecified atom stereocenters. The van der Waals surface area contributed by atoms with Crippen LogP contribution in [0.4, 0.5) is 5.69 Å². The van der Waals surface area contributed by atoms with Gasteiger partial charge in [-0.15, -0.1) is 0 Å². The molecule has 136 valence electrons. The Balaban J connectivity index is 1.33. The van der Waals surface area contributed by atoms with Gasteiger partial charge < -0.3 is 5.32 Å². The summed E-state index contributed by atoms with van der Waals surface area (Å²) in [5, 5.41) is 5.49. The van der Waals surface area contributed by atoms with Crippen LogP contribution in [-0.2, 0) is 24.1 Å². The number of pyridine rings is 1. The van der Waals surface area contributed by atoms with Gasteiger partial charge in [0, 0.05) is 17.4 Å². The monoisotopic (exact) mass is 364 g/mol. The second-order valence-corrected chi connectivity index (χ2v) is 7.29. The summed E-state index contributed by atoms with van der Waals surface area (Å²) in [5.74, 6) is 0.0592. The Bertz CT molecular complexity index is 1170. The minimum atomic E-state index is 0.0592. The Morgan fingerprint density at radius 3 is 2.68 bits per heavy atom. The lowest BCUT2D eigenvalue weighted by atomic mass is 9.99. The van der Waals surface area contributed by atoms with Gasteiger partial charge in [-0.25, -0.2) is 0 Å². The number of anilines is 1. The summed E-state index contributed by atoms with van der Waals surface area (Å²) in [5.41, 5.74) is 6.56. The van der Waals surface area contributed by atoms with Crippen LogP contribution in [0.1, 0.15) is 16.7 Å². The molecule has 0 bridgehead atoms. The first-order valence-electron chi connectivity index (χ1n) is 9.61. The second kappa shape index (κ2) is 6.93. The first-order valence-corrected chi connectivity index (χ1v) is 9.61. The normalized spacial score (nSPS) is 12.8. The van der Waals surface area contributed by atoms with Crippen LogP contribution in [0.5, 0.6) is 0 Å². The molecule has 3 aromatic carbocycles. The van der Waals surface area contributed by atoms with Crippen molar-refractivity contribution in [1.82, 2.24) is 4.98 Å². The van der Waals surface area contributed by atoms with Gasteiger partial charge >= 0.3 is 0 Å². The molecule has 4 aromatic rings. The molecule has 0 aliphatic carbocycles. The van der Waals surface area contributed by atoms with Crippen LogP contribution in [0.25, 0.3) is 22.0 Å². The number of amides is 1. The maximum absolute atomic E-state index is 11.5. The summed E-state index contributed by atoms with van der Waals surface area (Å²) < 4.78 is 0. The number of carbonyl (C=O) groups is 1. The number of carbonyl (C=O) groups excluding carboxylic acids is 1. The van der Waals surface area contributed by atoms with E-state index in [0.29, 0.717) is 6.42 Å². The van der Waals surface area contributed by atoms with Gasteiger partial charge in [-0.2, -0.15) is 0 Å². The molecule has 2 heterocycles. The summed E-state index contributed by atoms with van der Waals surface area (Å²) in [6.45, 7) is 0. The van der Waals surface area contributed by atoms with Crippen molar-refractivity contribution in [1.29, 1.82) is 0 Å². The highest BCUT2D eigenvalue weighted by molar-refractivity contribution is 5.99. The minimum Gasteiger partial charge on any atom is -0.326 e. The van der Waals surface area contributed by atoms with Gasteiger partial charge in [-0.3, -0.25) is 9.78 Å². The predicted molar refractivity (Wildman–Crippen MR) is 113 cm³/mol. The number of hydrogen-bond acceptors (Lipinski definition) is 2. The van der Waals surface area contributed by atoms with Crippen LogP contribution in [-0.4, -0.2) is 10.9 Å². The molecule has 1 N–H and O–H groups in total. The SMILES string of the molecule is O=C1Cc2cc(-c3ccc(CCc4cccc5ccccc45)cn3)ccc2N1. The molecule has 0 spiro atoms. The Hall–Kier alpha value is -3.46. The van der Waals surface area contributed by atoms with E-state index in [1.54, 1.807) is 0 Å². The molecule has 0 saturated carbocycles. The van der Waals surface area contributed by atoms with Crippen molar-refractivity contribution < 1.29 is 4.79 Å². The number of aromatic nitrogens is 1. The number of nitrogens with one attached hydrogen (secondary N) is 1. The second-order valence-electron chi connectivity index (χ2n) is 7.29. The average molecular weight is 364 g/mol. The van der Waals surface area contributed by atoms with Crippen LogP contribution in [0.2, 0.25) is 0 Å². The maximum atomic E-state index is 11.5. The standard InChI is InChI=1S/C25H20N2O/c28-25-15-21-14-20(11-13-24(21)27-25)23-12-9-17(16-26-23)8-10-19-6-3-5-18-4-1-2-7-22(18)19/h1-7,9,11-14,16H,8,10,15H2,(H,27,28). The third kappa shape index (κ3) is 3.16. The lowest BCUT2D eigenvalue weighted by Gasteiger charge is -2.08. The molecule has 0 atom stereocenters. The molecule has 1 aliphatic heterocycles. The van der Waals surface area contributed by atoms with Gasteiger partial charge in [-0.05, 0) is 58.5 Å². The summed E-state index contributed by atoms with van der Waals surface area (Å²) >= 11 is 0. The van der Waals surface area contributed by atoms with E-state index in [4.69, 9.17) is 0 Å². The van der Waals surface area contributed by atoms with Crippen molar-refractivity contribution in [2.45, 2.75) is 19.3 Å². The van der Waals surface area contributed by atoms with E-state index in [9.17, 15) is 4.79 Å². The smallest absolute Gasteiger partial charge is 0.228 e. The van der Waals surface area contributed by atoms with Crippen molar-refractivity contribution in [3.63, 3.8) is 0 Å². The van der Waals surface area contributed by atoms with Crippen LogP contribution in [0, 0.1) is 0 Å². The van der Waals surface area contributed by atoms with Gasteiger partial charge in [-0.1, -0.05) is 54.6 Å². The molecule has 3 nitrogen and oxygen atoms in total. The Labute approximate surface area is 164 Å². The summed E-state index contributed by atoms with van der Waals surface area (Å²) in [6.07, 6.45) is 4.38. The fourth-order valence-corrected chi connectivity index (χ4v) is 3.92. The highest BCUT2D eigenvalue weighted by Gasteiger charge is 2.17. The van der Waals surface area contributed by atoms with E-state index < -0.39 is 0 Å². The molecular weight excluding hydrogens is 344 g/mol. The molecule has 28 heavy (non-hydrogen) atoms. The zero-order valence-electron chi connectivity index (χ0n) is 15.5. The number of rotatable bonds is 4. The minimum absolute atomic E-state index is 0.0592. The van der Waals surface area contributed by atoms with Gasteiger partial charge in [0.25, 0.3) is 0 Å². The zero-order chi connectivity index (χ0) is 18.9. The Morgan fingerprint density at radius 1 is 0.893 bits per heavy atom. The quantitative estimate of drug-likeness (QED) is 0.542. The van der Waals surface area contributed by atoms with Crippen LogP contribution >= 0.6 is 0 Å². The number of hydrogen-bond donors (Lipinski definition) is 1. The average Bonchev–Trinajstić information content (AvgIpc) is 3.12. The molecule has 1 amide bonds. The predicted octanol–water partition coefficient (Wildman–Crippen LogP) is 5.18. The van der Waals surface area contributed by atoms with Crippen molar-refractivity contribution >= 4 is 22.4 Å². The molecule has 5 rings (SSSR count). The molecule has 0 fully saturated rings. The van der Waals surface area contributed by atoms with Crippen LogP contribution in [0.3, 0.4) is 0 Å². The summed E-state index contributed by atoms with van der Waals surface area (Å²) in [6, 6.07) is 25.3. The lowest BCUT2D eigenvalue weighted by Crippen LogP contribution is -2.03. The largest absolute Gasteiger partial charge is 0.326 e. The third-order valence-corrected chi connectivity index (χ3v) is 5.41. The van der Waals surface area contributed by atoms with E-state index in [2.05, 4.69) is 71.0 Å². The van der Waals surface area contributed by atoms with Crippen molar-refractivity contribution in [2.75, 3.05) is 5.32 Å². The first-order chi connectivity index (χ1) is 13.8. The molecule has 3 heteroatoms.